The molecular weight excluding hydrogens is 238 g/mol. The van der Waals surface area contributed by atoms with Gasteiger partial charge in [0.15, 0.2) is 0 Å². The third-order valence-corrected chi connectivity index (χ3v) is 3.62. The summed E-state index contributed by atoms with van der Waals surface area (Å²) in [6, 6.07) is 0. The van der Waals surface area contributed by atoms with Crippen molar-refractivity contribution in [3.8, 4) is 0 Å². The molecular formula is C16H33NO2. The smallest absolute Gasteiger partial charge is 0.410 e. The molecule has 0 atom stereocenters. The lowest BCUT2D eigenvalue weighted by atomic mass is 10.1. The summed E-state index contributed by atoms with van der Waals surface area (Å²) in [5, 5.41) is 0. The van der Waals surface area contributed by atoms with Crippen LogP contribution < -0.4 is 0 Å². The number of amides is 1. The SMILES string of the molecule is CCCCCCCCCN(C)C(=O)OC(C)(C)CC. The van der Waals surface area contributed by atoms with E-state index in [0.29, 0.717) is 0 Å². The lowest BCUT2D eigenvalue weighted by molar-refractivity contribution is 0.0155. The molecule has 0 saturated heterocycles. The number of rotatable bonds is 10. The predicted octanol–water partition coefficient (Wildman–Crippen LogP) is 4.99. The topological polar surface area (TPSA) is 29.5 Å². The molecule has 3 heteroatoms. The zero-order valence-electron chi connectivity index (χ0n) is 13.6. The fourth-order valence-electron chi connectivity index (χ4n) is 1.78. The number of carbonyl (C=O) groups excluding carboxylic acids is 1. The fraction of sp³-hybridized carbons (Fsp3) is 0.938. The van der Waals surface area contributed by atoms with Crippen molar-refractivity contribution in [2.24, 2.45) is 0 Å². The van der Waals surface area contributed by atoms with Gasteiger partial charge in [0, 0.05) is 13.6 Å². The van der Waals surface area contributed by atoms with Gasteiger partial charge in [-0.15, -0.1) is 0 Å². The summed E-state index contributed by atoms with van der Waals surface area (Å²) in [7, 11) is 1.82. The maximum Gasteiger partial charge on any atom is 0.410 e. The highest BCUT2D eigenvalue weighted by Gasteiger charge is 2.22. The molecule has 0 heterocycles. The molecule has 0 aromatic heterocycles. The highest BCUT2D eigenvalue weighted by Crippen LogP contribution is 2.15. The van der Waals surface area contributed by atoms with Gasteiger partial charge in [0.1, 0.15) is 5.60 Å². The number of hydrogen-bond donors (Lipinski definition) is 0. The first-order valence-electron chi connectivity index (χ1n) is 7.87. The largest absolute Gasteiger partial charge is 0.443 e. The Morgan fingerprint density at radius 1 is 1.00 bits per heavy atom. The summed E-state index contributed by atoms with van der Waals surface area (Å²) in [6.45, 7) is 8.97. The van der Waals surface area contributed by atoms with Crippen molar-refractivity contribution in [1.82, 2.24) is 4.90 Å². The Morgan fingerprint density at radius 3 is 2.05 bits per heavy atom. The third-order valence-electron chi connectivity index (χ3n) is 3.62. The van der Waals surface area contributed by atoms with Crippen molar-refractivity contribution < 1.29 is 9.53 Å². The van der Waals surface area contributed by atoms with E-state index >= 15 is 0 Å². The normalized spacial score (nSPS) is 11.4. The van der Waals surface area contributed by atoms with E-state index in [-0.39, 0.29) is 11.7 Å². The molecule has 0 aliphatic carbocycles. The van der Waals surface area contributed by atoms with Gasteiger partial charge in [-0.2, -0.15) is 0 Å². The summed E-state index contributed by atoms with van der Waals surface area (Å²) in [4.78, 5) is 13.5. The molecule has 0 aliphatic heterocycles. The first kappa shape index (κ1) is 18.3. The van der Waals surface area contributed by atoms with Gasteiger partial charge in [0.25, 0.3) is 0 Å². The van der Waals surface area contributed by atoms with Crippen LogP contribution in [0.25, 0.3) is 0 Å². The lowest BCUT2D eigenvalue weighted by Gasteiger charge is -2.27. The average Bonchev–Trinajstić information content (AvgIpc) is 2.37. The standard InChI is InChI=1S/C16H33NO2/c1-6-8-9-10-11-12-13-14-17(5)15(18)19-16(3,4)7-2/h6-14H2,1-5H3. The Morgan fingerprint density at radius 2 is 1.53 bits per heavy atom. The van der Waals surface area contributed by atoms with Gasteiger partial charge >= 0.3 is 6.09 Å². The van der Waals surface area contributed by atoms with Gasteiger partial charge in [0.05, 0.1) is 0 Å². The summed E-state index contributed by atoms with van der Waals surface area (Å²) in [5.41, 5.74) is -0.356. The van der Waals surface area contributed by atoms with E-state index in [2.05, 4.69) is 6.92 Å². The van der Waals surface area contributed by atoms with E-state index in [1.807, 2.05) is 27.8 Å². The molecule has 0 aromatic carbocycles. The van der Waals surface area contributed by atoms with E-state index < -0.39 is 0 Å². The molecule has 0 aliphatic rings. The van der Waals surface area contributed by atoms with Crippen LogP contribution in [0.4, 0.5) is 4.79 Å². The minimum Gasteiger partial charge on any atom is -0.443 e. The molecule has 1 amide bonds. The second-order valence-corrected chi connectivity index (χ2v) is 6.02. The Kier molecular flexibility index (Phi) is 9.72. The van der Waals surface area contributed by atoms with Crippen LogP contribution in [0, 0.1) is 0 Å². The molecule has 0 saturated carbocycles. The Labute approximate surface area is 119 Å². The minimum atomic E-state index is -0.356. The van der Waals surface area contributed by atoms with Gasteiger partial charge < -0.3 is 9.64 Å². The maximum atomic E-state index is 11.8. The van der Waals surface area contributed by atoms with Crippen LogP contribution in [-0.2, 0) is 4.74 Å². The van der Waals surface area contributed by atoms with Crippen LogP contribution in [-0.4, -0.2) is 30.2 Å². The Hall–Kier alpha value is -0.730. The van der Waals surface area contributed by atoms with Crippen LogP contribution in [0.3, 0.4) is 0 Å². The van der Waals surface area contributed by atoms with Crippen molar-refractivity contribution in [3.05, 3.63) is 0 Å². The van der Waals surface area contributed by atoms with Gasteiger partial charge in [-0.1, -0.05) is 52.4 Å². The van der Waals surface area contributed by atoms with E-state index in [1.165, 1.54) is 38.5 Å². The highest BCUT2D eigenvalue weighted by atomic mass is 16.6. The second kappa shape index (κ2) is 10.1. The number of nitrogens with zero attached hydrogens (tertiary/aromatic N) is 1. The van der Waals surface area contributed by atoms with Crippen LogP contribution in [0.15, 0.2) is 0 Å². The quantitative estimate of drug-likeness (QED) is 0.524. The van der Waals surface area contributed by atoms with Crippen molar-refractivity contribution >= 4 is 6.09 Å². The molecule has 0 unspecified atom stereocenters. The van der Waals surface area contributed by atoms with Crippen LogP contribution in [0.5, 0.6) is 0 Å². The number of carbonyl (C=O) groups is 1. The molecule has 0 rings (SSSR count). The van der Waals surface area contributed by atoms with Gasteiger partial charge in [0.2, 0.25) is 0 Å². The maximum absolute atomic E-state index is 11.8. The van der Waals surface area contributed by atoms with Crippen molar-refractivity contribution in [3.63, 3.8) is 0 Å². The molecule has 0 aromatic rings. The molecule has 0 spiro atoms. The van der Waals surface area contributed by atoms with E-state index in [0.717, 1.165) is 19.4 Å². The summed E-state index contributed by atoms with van der Waals surface area (Å²) in [6.07, 6.45) is 9.51. The first-order valence-corrected chi connectivity index (χ1v) is 7.87. The van der Waals surface area contributed by atoms with Crippen LogP contribution in [0.2, 0.25) is 0 Å². The predicted molar refractivity (Wildman–Crippen MR) is 81.5 cm³/mol. The Balaban J connectivity index is 3.63. The van der Waals surface area contributed by atoms with E-state index in [9.17, 15) is 4.79 Å². The zero-order chi connectivity index (χ0) is 14.7. The van der Waals surface area contributed by atoms with Crippen molar-refractivity contribution in [2.75, 3.05) is 13.6 Å². The molecule has 0 fully saturated rings. The van der Waals surface area contributed by atoms with E-state index in [4.69, 9.17) is 4.74 Å². The monoisotopic (exact) mass is 271 g/mol. The van der Waals surface area contributed by atoms with Gasteiger partial charge in [-0.25, -0.2) is 4.79 Å². The number of ether oxygens (including phenoxy) is 1. The third kappa shape index (κ3) is 9.80. The highest BCUT2D eigenvalue weighted by molar-refractivity contribution is 5.67. The lowest BCUT2D eigenvalue weighted by Crippen LogP contribution is -2.36. The van der Waals surface area contributed by atoms with Crippen LogP contribution >= 0.6 is 0 Å². The summed E-state index contributed by atoms with van der Waals surface area (Å²) < 4.78 is 5.45. The fourth-order valence-corrected chi connectivity index (χ4v) is 1.78. The zero-order valence-corrected chi connectivity index (χ0v) is 13.6. The van der Waals surface area contributed by atoms with Crippen molar-refractivity contribution in [1.29, 1.82) is 0 Å². The summed E-state index contributed by atoms with van der Waals surface area (Å²) >= 11 is 0. The molecule has 0 N–H and O–H groups in total. The Bertz CT molecular complexity index is 239. The van der Waals surface area contributed by atoms with E-state index in [1.54, 1.807) is 4.90 Å². The molecule has 0 radical (unpaired) electrons. The molecule has 19 heavy (non-hydrogen) atoms. The molecule has 114 valence electrons. The molecule has 3 nitrogen and oxygen atoms in total. The first-order chi connectivity index (χ1) is 8.93. The molecule has 0 bridgehead atoms. The number of hydrogen-bond acceptors (Lipinski definition) is 2. The van der Waals surface area contributed by atoms with Gasteiger partial charge in [-0.3, -0.25) is 0 Å². The van der Waals surface area contributed by atoms with Gasteiger partial charge in [-0.05, 0) is 26.7 Å². The van der Waals surface area contributed by atoms with Crippen molar-refractivity contribution in [2.45, 2.75) is 84.7 Å². The number of unbranched alkanes of at least 4 members (excludes halogenated alkanes) is 6. The minimum absolute atomic E-state index is 0.196. The van der Waals surface area contributed by atoms with Crippen LogP contribution in [0.1, 0.15) is 79.1 Å². The average molecular weight is 271 g/mol. The summed E-state index contributed by atoms with van der Waals surface area (Å²) in [5.74, 6) is 0. The second-order valence-electron chi connectivity index (χ2n) is 6.02.